The van der Waals surface area contributed by atoms with Crippen molar-refractivity contribution in [3.8, 4) is 0 Å². The lowest BCUT2D eigenvalue weighted by atomic mass is 9.77. The summed E-state index contributed by atoms with van der Waals surface area (Å²) in [6, 6.07) is 10.1. The number of nitrogens with two attached hydrogens (primary N) is 1. The van der Waals surface area contributed by atoms with E-state index < -0.39 is 0 Å². The Morgan fingerprint density at radius 1 is 1.17 bits per heavy atom. The Balaban J connectivity index is 1.35. The summed E-state index contributed by atoms with van der Waals surface area (Å²) in [5, 5.41) is 4.40. The van der Waals surface area contributed by atoms with E-state index >= 15 is 0 Å². The molecule has 7 heteroatoms. The summed E-state index contributed by atoms with van der Waals surface area (Å²) >= 11 is 0. The van der Waals surface area contributed by atoms with Crippen LogP contribution in [-0.4, -0.2) is 43.6 Å². The van der Waals surface area contributed by atoms with E-state index in [4.69, 9.17) is 5.73 Å². The highest BCUT2D eigenvalue weighted by molar-refractivity contribution is 5.94. The molecule has 0 bridgehead atoms. The van der Waals surface area contributed by atoms with Crippen molar-refractivity contribution in [3.05, 3.63) is 71.3 Å². The highest BCUT2D eigenvalue weighted by atomic mass is 16.2. The van der Waals surface area contributed by atoms with Crippen molar-refractivity contribution in [2.75, 3.05) is 18.8 Å². The van der Waals surface area contributed by atoms with Crippen molar-refractivity contribution in [2.24, 2.45) is 0 Å². The van der Waals surface area contributed by atoms with Crippen LogP contribution in [-0.2, 0) is 18.4 Å². The van der Waals surface area contributed by atoms with Gasteiger partial charge in [0, 0.05) is 30.9 Å². The molecule has 1 fully saturated rings. The van der Waals surface area contributed by atoms with Crippen LogP contribution >= 0.6 is 0 Å². The fourth-order valence-electron chi connectivity index (χ4n) is 4.77. The number of fused-ring (bicyclic) bond motifs is 2. The molecular formula is C22H24N6O. The van der Waals surface area contributed by atoms with E-state index in [0.29, 0.717) is 24.6 Å². The van der Waals surface area contributed by atoms with E-state index in [1.807, 2.05) is 40.2 Å². The summed E-state index contributed by atoms with van der Waals surface area (Å²) in [6.07, 6.45) is 9.32. The lowest BCUT2D eigenvalue weighted by Crippen LogP contribution is -2.48. The summed E-state index contributed by atoms with van der Waals surface area (Å²) in [5.74, 6) is 0.356. The van der Waals surface area contributed by atoms with Crippen molar-refractivity contribution in [3.63, 3.8) is 0 Å². The predicted octanol–water partition coefficient (Wildman–Crippen LogP) is 2.42. The smallest absolute Gasteiger partial charge is 0.257 e. The maximum Gasteiger partial charge on any atom is 0.257 e. The van der Waals surface area contributed by atoms with Gasteiger partial charge < -0.3 is 10.6 Å². The molecule has 1 aliphatic heterocycles. The zero-order chi connectivity index (χ0) is 19.8. The number of carbonyl (C=O) groups is 1. The van der Waals surface area contributed by atoms with Gasteiger partial charge in [-0.25, -0.2) is 9.97 Å². The maximum absolute atomic E-state index is 13.2. The number of hydrogen-bond acceptors (Lipinski definition) is 5. The van der Waals surface area contributed by atoms with Crippen LogP contribution in [0.15, 0.2) is 48.9 Å². The third kappa shape index (κ3) is 3.26. The monoisotopic (exact) mass is 388 g/mol. The molecule has 3 aromatic rings. The van der Waals surface area contributed by atoms with E-state index in [1.54, 1.807) is 6.20 Å². The maximum atomic E-state index is 13.2. The summed E-state index contributed by atoms with van der Waals surface area (Å²) in [5.41, 5.74) is 9.77. The van der Waals surface area contributed by atoms with Crippen LogP contribution in [0, 0.1) is 0 Å². The average Bonchev–Trinajstić information content (AvgIpc) is 3.34. The molecule has 2 N–H and O–H groups in total. The molecule has 2 aromatic heterocycles. The van der Waals surface area contributed by atoms with Gasteiger partial charge in [0.1, 0.15) is 0 Å². The quantitative estimate of drug-likeness (QED) is 0.744. The van der Waals surface area contributed by atoms with E-state index in [1.165, 1.54) is 5.56 Å². The van der Waals surface area contributed by atoms with Gasteiger partial charge in [0.25, 0.3) is 5.91 Å². The van der Waals surface area contributed by atoms with Crippen LogP contribution < -0.4 is 5.73 Å². The van der Waals surface area contributed by atoms with Crippen molar-refractivity contribution < 1.29 is 4.79 Å². The second-order valence-corrected chi connectivity index (χ2v) is 8.12. The summed E-state index contributed by atoms with van der Waals surface area (Å²) in [7, 11) is 0. The normalized spacial score (nSPS) is 20.8. The van der Waals surface area contributed by atoms with Gasteiger partial charge in [-0.3, -0.25) is 9.48 Å². The number of aromatic nitrogens is 4. The van der Waals surface area contributed by atoms with Crippen LogP contribution in [0.1, 0.15) is 46.4 Å². The number of amides is 1. The molecular weight excluding hydrogens is 364 g/mol. The van der Waals surface area contributed by atoms with Gasteiger partial charge in [-0.05, 0) is 36.8 Å². The number of rotatable bonds is 3. The summed E-state index contributed by atoms with van der Waals surface area (Å²) in [4.78, 5) is 23.9. The first-order valence-corrected chi connectivity index (χ1v) is 10.1. The highest BCUT2D eigenvalue weighted by Gasteiger charge is 2.44. The largest absolute Gasteiger partial charge is 0.368 e. The van der Waals surface area contributed by atoms with E-state index in [0.717, 1.165) is 43.5 Å². The van der Waals surface area contributed by atoms with E-state index in [9.17, 15) is 4.79 Å². The van der Waals surface area contributed by atoms with Crippen LogP contribution in [0.5, 0.6) is 0 Å². The van der Waals surface area contributed by atoms with Gasteiger partial charge in [-0.1, -0.05) is 30.3 Å². The number of carbonyl (C=O) groups excluding carboxylic acids is 1. The molecule has 2 aliphatic rings. The molecule has 7 nitrogen and oxygen atoms in total. The van der Waals surface area contributed by atoms with Gasteiger partial charge in [-0.2, -0.15) is 5.10 Å². The minimum absolute atomic E-state index is 0.0406. The van der Waals surface area contributed by atoms with Gasteiger partial charge >= 0.3 is 0 Å². The van der Waals surface area contributed by atoms with Crippen LogP contribution in [0.4, 0.5) is 5.95 Å². The number of aryl methyl sites for hydroxylation is 1. The van der Waals surface area contributed by atoms with Crippen molar-refractivity contribution in [1.82, 2.24) is 24.6 Å². The molecule has 1 atom stereocenters. The molecule has 3 heterocycles. The van der Waals surface area contributed by atoms with Gasteiger partial charge in [-0.15, -0.1) is 0 Å². The molecule has 29 heavy (non-hydrogen) atoms. The molecule has 1 aliphatic carbocycles. The van der Waals surface area contributed by atoms with Gasteiger partial charge in [0.2, 0.25) is 5.95 Å². The number of nitrogens with zero attached hydrogens (tertiary/aromatic N) is 5. The topological polar surface area (TPSA) is 89.9 Å². The Bertz CT molecular complexity index is 1040. The van der Waals surface area contributed by atoms with E-state index in [-0.39, 0.29) is 11.3 Å². The number of hydrogen-bond donors (Lipinski definition) is 1. The van der Waals surface area contributed by atoms with Crippen LogP contribution in [0.3, 0.4) is 0 Å². The second kappa shape index (κ2) is 6.99. The average molecular weight is 388 g/mol. The lowest BCUT2D eigenvalue weighted by molar-refractivity contribution is 0.0633. The molecule has 1 unspecified atom stereocenters. The molecule has 1 amide bonds. The molecule has 1 spiro atoms. The predicted molar refractivity (Wildman–Crippen MR) is 109 cm³/mol. The Hall–Kier alpha value is -3.22. The molecule has 1 saturated heterocycles. The number of nitrogen functional groups attached to an aromatic ring is 1. The number of piperidine rings is 1. The first kappa shape index (κ1) is 17.8. The summed E-state index contributed by atoms with van der Waals surface area (Å²) in [6.45, 7) is 2.10. The third-order valence-corrected chi connectivity index (χ3v) is 6.19. The molecule has 0 saturated carbocycles. The van der Waals surface area contributed by atoms with Crippen molar-refractivity contribution in [2.45, 2.75) is 37.6 Å². The molecule has 1 aromatic carbocycles. The minimum atomic E-state index is -0.0969. The van der Waals surface area contributed by atoms with Crippen molar-refractivity contribution >= 4 is 11.9 Å². The number of likely N-dealkylation sites (tertiary alicyclic amines) is 1. The van der Waals surface area contributed by atoms with Gasteiger partial charge in [0.05, 0.1) is 24.0 Å². The Morgan fingerprint density at radius 2 is 2.03 bits per heavy atom. The fourth-order valence-corrected chi connectivity index (χ4v) is 4.77. The fraction of sp³-hybridized carbons (Fsp3) is 0.364. The second-order valence-electron chi connectivity index (χ2n) is 8.12. The molecule has 5 rings (SSSR count). The molecule has 0 radical (unpaired) electrons. The summed E-state index contributed by atoms with van der Waals surface area (Å²) < 4.78 is 1.82. The molecule has 148 valence electrons. The van der Waals surface area contributed by atoms with Crippen LogP contribution in [0.25, 0.3) is 0 Å². The number of benzene rings is 1. The standard InChI is InChI=1S/C22H24N6O/c23-21-24-11-17-7-9-22(19(17)26-21)8-4-10-27(15-22)20(29)18-12-25-28(14-18)13-16-5-2-1-3-6-16/h1-3,5-6,11-12,14H,4,7-10,13,15H2,(H2,23,24,26). The first-order valence-electron chi connectivity index (χ1n) is 10.1. The Morgan fingerprint density at radius 3 is 2.90 bits per heavy atom. The Labute approximate surface area is 169 Å². The Kier molecular flexibility index (Phi) is 4.30. The SMILES string of the molecule is Nc1ncc2c(n1)C1(CCCN(C(=O)c3cnn(Cc4ccccc4)c3)C1)CC2. The number of anilines is 1. The minimum Gasteiger partial charge on any atom is -0.368 e. The van der Waals surface area contributed by atoms with Crippen molar-refractivity contribution in [1.29, 1.82) is 0 Å². The first-order chi connectivity index (χ1) is 14.1. The highest BCUT2D eigenvalue weighted by Crippen LogP contribution is 2.44. The zero-order valence-electron chi connectivity index (χ0n) is 16.3. The zero-order valence-corrected chi connectivity index (χ0v) is 16.3. The lowest BCUT2D eigenvalue weighted by Gasteiger charge is -2.40. The van der Waals surface area contributed by atoms with Gasteiger partial charge in [0.15, 0.2) is 0 Å². The van der Waals surface area contributed by atoms with Crippen LogP contribution in [0.2, 0.25) is 0 Å². The van der Waals surface area contributed by atoms with E-state index in [2.05, 4.69) is 27.2 Å². The third-order valence-electron chi connectivity index (χ3n) is 6.19.